The van der Waals surface area contributed by atoms with Gasteiger partial charge in [0.1, 0.15) is 12.4 Å². The van der Waals surface area contributed by atoms with Crippen LogP contribution in [-0.2, 0) is 14.2 Å². The third-order valence-corrected chi connectivity index (χ3v) is 6.56. The molecule has 1 unspecified atom stereocenters. The first kappa shape index (κ1) is 30.6. The van der Waals surface area contributed by atoms with E-state index in [0.717, 1.165) is 28.8 Å². The molecule has 2 aromatic heterocycles. The highest BCUT2D eigenvalue weighted by molar-refractivity contribution is 5.90. The van der Waals surface area contributed by atoms with Crippen molar-refractivity contribution >= 4 is 29.2 Å². The highest BCUT2D eigenvalue weighted by Crippen LogP contribution is 2.29. The molecule has 0 bridgehead atoms. The molecule has 0 spiro atoms. The first-order valence-electron chi connectivity index (χ1n) is 13.2. The number of hydrogen-bond acceptors (Lipinski definition) is 8. The number of ether oxygens (including phenoxy) is 3. The summed E-state index contributed by atoms with van der Waals surface area (Å²) in [6, 6.07) is 5.38. The number of nitrogens with zero attached hydrogens (tertiary/aromatic N) is 3. The van der Waals surface area contributed by atoms with Crippen molar-refractivity contribution < 1.29 is 28.9 Å². The third kappa shape index (κ3) is 8.78. The summed E-state index contributed by atoms with van der Waals surface area (Å²) in [5, 5.41) is 14.8. The van der Waals surface area contributed by atoms with E-state index in [1.807, 2.05) is 39.0 Å². The van der Waals surface area contributed by atoms with Gasteiger partial charge in [0.2, 0.25) is 0 Å². The molecule has 0 aliphatic carbocycles. The molecular weight excluding hydrogens is 514 g/mol. The molecule has 11 heteroatoms. The van der Waals surface area contributed by atoms with Gasteiger partial charge in [-0.1, -0.05) is 13.0 Å². The molecule has 0 radical (unpaired) electrons. The molecule has 1 aliphatic rings. The molecule has 216 valence electrons. The van der Waals surface area contributed by atoms with Crippen molar-refractivity contribution in [3.05, 3.63) is 65.3 Å². The fourth-order valence-corrected chi connectivity index (χ4v) is 4.49. The van der Waals surface area contributed by atoms with Crippen LogP contribution in [0.25, 0.3) is 5.57 Å². The van der Waals surface area contributed by atoms with E-state index in [2.05, 4.69) is 31.4 Å². The number of carbonyl (C=O) groups excluding carboxylic acids is 2. The number of carbonyl (C=O) groups is 2. The second-order valence-electron chi connectivity index (χ2n) is 9.67. The number of hydrogen-bond donors (Lipinski definition) is 3. The average Bonchev–Trinajstić information content (AvgIpc) is 3.41. The number of rotatable bonds is 11. The molecule has 2 aromatic rings. The van der Waals surface area contributed by atoms with Crippen molar-refractivity contribution in [3.8, 4) is 0 Å². The fraction of sp³-hybridized carbons (Fsp3) is 0.448. The van der Waals surface area contributed by atoms with Gasteiger partial charge in [0.15, 0.2) is 0 Å². The van der Waals surface area contributed by atoms with Gasteiger partial charge < -0.3 is 29.5 Å². The largest absolute Gasteiger partial charge is 0.496 e. The van der Waals surface area contributed by atoms with Crippen LogP contribution in [0.4, 0.5) is 21.1 Å². The Morgan fingerprint density at radius 1 is 1.25 bits per heavy atom. The van der Waals surface area contributed by atoms with Crippen molar-refractivity contribution in [1.29, 1.82) is 0 Å². The van der Waals surface area contributed by atoms with Gasteiger partial charge in [0.25, 0.3) is 0 Å². The molecule has 3 amide bonds. The van der Waals surface area contributed by atoms with Gasteiger partial charge in [-0.2, -0.15) is 0 Å². The van der Waals surface area contributed by atoms with Crippen LogP contribution >= 0.6 is 0 Å². The lowest BCUT2D eigenvalue weighted by Gasteiger charge is -2.18. The second-order valence-corrected chi connectivity index (χ2v) is 9.67. The summed E-state index contributed by atoms with van der Waals surface area (Å²) < 4.78 is 15.5. The zero-order chi connectivity index (χ0) is 29.1. The van der Waals surface area contributed by atoms with Gasteiger partial charge in [-0.3, -0.25) is 10.3 Å². The summed E-state index contributed by atoms with van der Waals surface area (Å²) in [6.07, 6.45) is 7.51. The van der Waals surface area contributed by atoms with Crippen LogP contribution in [0.15, 0.2) is 48.5 Å². The number of amides is 3. The number of nitrogens with one attached hydrogen (secondary N) is 2. The third-order valence-electron chi connectivity index (χ3n) is 6.56. The van der Waals surface area contributed by atoms with Gasteiger partial charge in [0.05, 0.1) is 38.0 Å². The Bertz CT molecular complexity index is 1230. The van der Waals surface area contributed by atoms with Gasteiger partial charge in [-0.05, 0) is 55.7 Å². The van der Waals surface area contributed by atoms with E-state index in [-0.39, 0.29) is 25.2 Å². The molecule has 0 saturated carbocycles. The quantitative estimate of drug-likeness (QED) is 0.272. The molecular formula is C29H39N5O6. The predicted octanol–water partition coefficient (Wildman–Crippen LogP) is 4.56. The molecule has 1 fully saturated rings. The van der Waals surface area contributed by atoms with Crippen LogP contribution in [-0.4, -0.2) is 79.2 Å². The maximum absolute atomic E-state index is 13.0. The molecule has 11 nitrogen and oxygen atoms in total. The van der Waals surface area contributed by atoms with E-state index in [4.69, 9.17) is 9.47 Å². The Hall–Kier alpha value is -3.96. The number of aryl methyl sites for hydroxylation is 1. The van der Waals surface area contributed by atoms with Crippen molar-refractivity contribution in [2.45, 2.75) is 33.1 Å². The Morgan fingerprint density at radius 2 is 2.05 bits per heavy atom. The standard InChI is InChI=1S/C29H39N5O6/c1-19(23-6-8-30-27(14-23)33-29(37)39-5)12-24(13-20(2)40-11-10-35)26-15-25(16-31-21(26)3)32-28(36)34-9-7-22(17-34)18-38-4/h6,8,12-16,19,22,35H,7,9-11,17-18H2,1-5H3,(H,32,36)(H,30,33,37)/b20-13+,24-12+/t19?,22-/m0/s1. The molecule has 40 heavy (non-hydrogen) atoms. The van der Waals surface area contributed by atoms with Gasteiger partial charge in [-0.15, -0.1) is 0 Å². The van der Waals surface area contributed by atoms with Crippen LogP contribution < -0.4 is 10.6 Å². The number of aliphatic hydroxyl groups is 1. The van der Waals surface area contributed by atoms with E-state index in [0.29, 0.717) is 42.9 Å². The number of anilines is 2. The Kier molecular flexibility index (Phi) is 11.5. The number of aliphatic hydroxyl groups excluding tert-OH is 1. The van der Waals surface area contributed by atoms with E-state index in [1.54, 1.807) is 30.5 Å². The lowest BCUT2D eigenvalue weighted by molar-refractivity contribution is 0.146. The lowest BCUT2D eigenvalue weighted by Crippen LogP contribution is -2.33. The molecule has 1 saturated heterocycles. The van der Waals surface area contributed by atoms with Crippen LogP contribution in [0.3, 0.4) is 0 Å². The highest BCUT2D eigenvalue weighted by Gasteiger charge is 2.26. The molecule has 1 aliphatic heterocycles. The number of methoxy groups -OCH3 is 2. The topological polar surface area (TPSA) is 135 Å². The summed E-state index contributed by atoms with van der Waals surface area (Å²) >= 11 is 0. The Labute approximate surface area is 235 Å². The highest BCUT2D eigenvalue weighted by atomic mass is 16.5. The van der Waals surface area contributed by atoms with Gasteiger partial charge in [0, 0.05) is 49.5 Å². The molecule has 2 atom stereocenters. The first-order valence-corrected chi connectivity index (χ1v) is 13.2. The summed E-state index contributed by atoms with van der Waals surface area (Å²) in [7, 11) is 2.96. The van der Waals surface area contributed by atoms with Crippen LogP contribution in [0.1, 0.15) is 43.0 Å². The van der Waals surface area contributed by atoms with E-state index < -0.39 is 6.09 Å². The zero-order valence-corrected chi connectivity index (χ0v) is 23.8. The van der Waals surface area contributed by atoms with Gasteiger partial charge >= 0.3 is 12.1 Å². The second kappa shape index (κ2) is 15.0. The summed E-state index contributed by atoms with van der Waals surface area (Å²) in [5.74, 6) is 1.23. The van der Waals surface area contributed by atoms with E-state index >= 15 is 0 Å². The van der Waals surface area contributed by atoms with Crippen molar-refractivity contribution in [3.63, 3.8) is 0 Å². The van der Waals surface area contributed by atoms with Crippen LogP contribution in [0, 0.1) is 12.8 Å². The smallest absolute Gasteiger partial charge is 0.412 e. The monoisotopic (exact) mass is 553 g/mol. The number of allylic oxidation sites excluding steroid dienone is 4. The van der Waals surface area contributed by atoms with Crippen LogP contribution in [0.2, 0.25) is 0 Å². The number of pyridine rings is 2. The number of urea groups is 1. The molecule has 3 N–H and O–H groups in total. The van der Waals surface area contributed by atoms with Crippen molar-refractivity contribution in [2.75, 3.05) is 57.8 Å². The summed E-state index contributed by atoms with van der Waals surface area (Å²) in [6.45, 7) is 7.77. The summed E-state index contributed by atoms with van der Waals surface area (Å²) in [5.41, 5.74) is 3.90. The predicted molar refractivity (Wildman–Crippen MR) is 153 cm³/mol. The fourth-order valence-electron chi connectivity index (χ4n) is 4.49. The van der Waals surface area contributed by atoms with E-state index in [1.165, 1.54) is 7.11 Å². The maximum atomic E-state index is 13.0. The number of likely N-dealkylation sites (tertiary alicyclic amines) is 1. The average molecular weight is 554 g/mol. The lowest BCUT2D eigenvalue weighted by atomic mass is 9.94. The Morgan fingerprint density at radius 3 is 2.77 bits per heavy atom. The van der Waals surface area contributed by atoms with Crippen molar-refractivity contribution in [2.24, 2.45) is 5.92 Å². The molecule has 3 rings (SSSR count). The first-order chi connectivity index (χ1) is 19.2. The minimum atomic E-state index is -0.600. The maximum Gasteiger partial charge on any atom is 0.412 e. The normalized spacial score (nSPS) is 16.4. The molecule has 0 aromatic carbocycles. The van der Waals surface area contributed by atoms with E-state index in [9.17, 15) is 14.7 Å². The summed E-state index contributed by atoms with van der Waals surface area (Å²) in [4.78, 5) is 35.1. The SMILES string of the molecule is COC[C@H]1CCN(C(=O)Nc2cnc(C)c(C(/C=C(\C)OCCO)=C/C(C)c3ccnc(NC(=O)OC)c3)c2)C1. The van der Waals surface area contributed by atoms with Gasteiger partial charge in [-0.25, -0.2) is 14.6 Å². The number of aromatic nitrogens is 2. The Balaban J connectivity index is 1.91. The van der Waals surface area contributed by atoms with Crippen molar-refractivity contribution in [1.82, 2.24) is 14.9 Å². The van der Waals surface area contributed by atoms with Crippen LogP contribution in [0.5, 0.6) is 0 Å². The molecule has 3 heterocycles. The zero-order valence-electron chi connectivity index (χ0n) is 23.8. The minimum absolute atomic E-state index is 0.0990. The minimum Gasteiger partial charge on any atom is -0.496 e.